The van der Waals surface area contributed by atoms with Gasteiger partial charge in [-0.25, -0.2) is 0 Å². The molecule has 0 aromatic carbocycles. The monoisotopic (exact) mass is 1250 g/mol. The molecule has 0 aliphatic carbocycles. The third-order valence-corrected chi connectivity index (χ3v) is 15.4. The lowest BCUT2D eigenvalue weighted by atomic mass is 9.96. The van der Waals surface area contributed by atoms with Crippen LogP contribution in [0.1, 0.15) is 163 Å². The Morgan fingerprint density at radius 3 is 1.53 bits per heavy atom. The van der Waals surface area contributed by atoms with Crippen LogP contribution < -0.4 is 53.2 Å². The first-order valence-electron chi connectivity index (χ1n) is 30.5. The number of aliphatic hydroxyl groups excluding tert-OH is 1. The zero-order valence-electron chi connectivity index (χ0n) is 51.0. The molecule has 0 radical (unpaired) electrons. The first-order chi connectivity index (χ1) is 41.6. The third-order valence-electron chi connectivity index (χ3n) is 15.4. The van der Waals surface area contributed by atoms with Crippen molar-refractivity contribution in [2.45, 2.75) is 217 Å². The summed E-state index contributed by atoms with van der Waals surface area (Å²) in [6, 6.07) is -13.1. The molecule has 12 amide bonds. The fourth-order valence-electron chi connectivity index (χ4n) is 10.3. The Hall–Kier alpha value is -7.99. The minimum absolute atomic E-state index is 0.0106. The number of amides is 12. The predicted octanol–water partition coefficient (Wildman–Crippen LogP) is -2.46. The second kappa shape index (κ2) is 38.3. The molecule has 3 aliphatic heterocycles. The highest BCUT2D eigenvalue weighted by atomic mass is 16.4. The summed E-state index contributed by atoms with van der Waals surface area (Å²) in [6.45, 7) is 5.12. The number of carboxylic acids is 3. The molecule has 14 N–H and O–H groups in total. The number of fused-ring (bicyclic) bond motifs is 2. The van der Waals surface area contributed by atoms with Crippen LogP contribution in [0.25, 0.3) is 0 Å². The van der Waals surface area contributed by atoms with Crippen LogP contribution in [0.5, 0.6) is 0 Å². The molecule has 88 heavy (non-hydrogen) atoms. The minimum atomic E-state index is -1.89. The summed E-state index contributed by atoms with van der Waals surface area (Å²) in [5.74, 6) is -16.9. The molecule has 0 saturated carbocycles. The normalized spacial score (nSPS) is 24.0. The molecule has 3 rings (SSSR count). The van der Waals surface area contributed by atoms with Crippen LogP contribution >= 0.6 is 0 Å². The van der Waals surface area contributed by atoms with Gasteiger partial charge in [-0.3, -0.25) is 71.9 Å². The molecule has 0 unspecified atom stereocenters. The lowest BCUT2D eigenvalue weighted by Crippen LogP contribution is -2.63. The highest BCUT2D eigenvalue weighted by Crippen LogP contribution is 2.23. The average Bonchev–Trinajstić information content (AvgIpc) is 4.14. The van der Waals surface area contributed by atoms with Crippen molar-refractivity contribution in [3.63, 3.8) is 0 Å². The number of nitrogens with zero attached hydrogens (tertiary/aromatic N) is 2. The Labute approximate surface area is 511 Å². The van der Waals surface area contributed by atoms with E-state index in [4.69, 9.17) is 0 Å². The Balaban J connectivity index is 2.00. The first kappa shape index (κ1) is 74.3. The summed E-state index contributed by atoms with van der Waals surface area (Å²) in [5.41, 5.74) is 0. The van der Waals surface area contributed by atoms with Crippen molar-refractivity contribution in [2.75, 3.05) is 39.3 Å². The number of piperidine rings is 1. The van der Waals surface area contributed by atoms with Crippen molar-refractivity contribution in [1.82, 2.24) is 63.0 Å². The Kier molecular flexibility index (Phi) is 32.3. The maximum absolute atomic E-state index is 14.8. The number of unbranched alkanes of at least 4 members (excludes halogenated alkanes) is 8. The minimum Gasteiger partial charge on any atom is -0.481 e. The number of rotatable bonds is 24. The van der Waals surface area contributed by atoms with Crippen LogP contribution in [0.15, 0.2) is 0 Å². The quantitative estimate of drug-likeness (QED) is 0.0446. The number of hydrogen-bond acceptors (Lipinski definition) is 16. The van der Waals surface area contributed by atoms with Crippen molar-refractivity contribution >= 4 is 88.8 Å². The lowest BCUT2D eigenvalue weighted by molar-refractivity contribution is -0.146. The molecule has 3 aliphatic rings. The Morgan fingerprint density at radius 2 is 1.02 bits per heavy atom. The molecule has 0 aromatic heterocycles. The first-order valence-corrected chi connectivity index (χ1v) is 30.5. The van der Waals surface area contributed by atoms with E-state index in [1.807, 2.05) is 0 Å². The number of nitrogens with one attached hydrogen (secondary N) is 10. The van der Waals surface area contributed by atoms with Crippen molar-refractivity contribution in [2.24, 2.45) is 11.8 Å². The number of carbonyl (C=O) groups is 15. The summed E-state index contributed by atoms with van der Waals surface area (Å²) < 4.78 is 0. The van der Waals surface area contributed by atoms with E-state index in [9.17, 15) is 92.3 Å². The number of aliphatic hydroxyl groups is 1. The van der Waals surface area contributed by atoms with Gasteiger partial charge in [-0.2, -0.15) is 0 Å². The maximum Gasteiger partial charge on any atom is 0.305 e. The van der Waals surface area contributed by atoms with E-state index >= 15 is 0 Å². The molecule has 31 nitrogen and oxygen atoms in total. The molecule has 0 aromatic rings. The van der Waals surface area contributed by atoms with Crippen LogP contribution in [0.2, 0.25) is 0 Å². The summed E-state index contributed by atoms with van der Waals surface area (Å²) in [6.07, 6.45) is 6.42. The van der Waals surface area contributed by atoms with Gasteiger partial charge < -0.3 is 83.4 Å². The highest BCUT2D eigenvalue weighted by molar-refractivity contribution is 6.00. The fraction of sp³-hybridized carbons (Fsp3) is 0.737. The summed E-state index contributed by atoms with van der Waals surface area (Å²) in [5, 5.41) is 62.6. The van der Waals surface area contributed by atoms with Crippen molar-refractivity contribution in [3.8, 4) is 0 Å². The van der Waals surface area contributed by atoms with Crippen LogP contribution in [0, 0.1) is 11.8 Å². The molecule has 0 spiro atoms. The molecular formula is C57H92N12O19. The van der Waals surface area contributed by atoms with Gasteiger partial charge in [0.1, 0.15) is 48.3 Å². The number of carbonyl (C=O) groups excluding carboxylic acids is 12. The standard InChI is InChI=1S/C57H92N12O19/c1-6-33(4)48-57(88)69-24-18-21-40(69)53(84)58-28-38(65-52(83)37(27-47(79)80)62-41(71)22-15-13-11-9-7-8-10-12-14-19-32(2)3)56(87)68-23-17-16-20-39(68)54(85)61-30-43(73)64-35(25-45(75)76)50(81)59-29-42(72)63-36(26-46(77)78)51(82)60-31-44(74)66-49(34(5)70)55(86)67-48/h32-40,48-49,70H,6-31H2,1-5H3,(H,58,84)(H,59,81)(H,60,82)(H,61,85)(H,62,71)(H,63,72)(H,64,73)(H,65,83)(H,66,74)(H,67,86)(H,75,76)(H,77,78)(H,79,80)/t33-,34+,35-,36-,37-,38-,39-,40-,48-,49-/m0/s1. The van der Waals surface area contributed by atoms with E-state index in [1.165, 1.54) is 24.2 Å². The molecule has 31 heteroatoms. The predicted molar refractivity (Wildman–Crippen MR) is 311 cm³/mol. The third kappa shape index (κ3) is 26.2. The number of aliphatic carboxylic acids is 3. The van der Waals surface area contributed by atoms with E-state index in [-0.39, 0.29) is 45.2 Å². The molecule has 3 heterocycles. The van der Waals surface area contributed by atoms with Crippen molar-refractivity contribution < 1.29 is 92.3 Å². The highest BCUT2D eigenvalue weighted by Gasteiger charge is 2.43. The zero-order chi connectivity index (χ0) is 65.6. The van der Waals surface area contributed by atoms with Gasteiger partial charge in [-0.05, 0) is 57.3 Å². The maximum atomic E-state index is 14.8. The molecule has 10 atom stereocenters. The van der Waals surface area contributed by atoms with Crippen molar-refractivity contribution in [3.05, 3.63) is 0 Å². The Morgan fingerprint density at radius 1 is 0.545 bits per heavy atom. The van der Waals surface area contributed by atoms with Gasteiger partial charge in [0.15, 0.2) is 0 Å². The van der Waals surface area contributed by atoms with Gasteiger partial charge in [0.2, 0.25) is 70.9 Å². The second-order valence-corrected chi connectivity index (χ2v) is 23.1. The van der Waals surface area contributed by atoms with Crippen LogP contribution in [-0.2, 0) is 71.9 Å². The zero-order valence-corrected chi connectivity index (χ0v) is 51.0. The largest absolute Gasteiger partial charge is 0.481 e. The number of hydrogen-bond donors (Lipinski definition) is 14. The van der Waals surface area contributed by atoms with Crippen molar-refractivity contribution in [1.29, 1.82) is 0 Å². The van der Waals surface area contributed by atoms with Gasteiger partial charge in [0.05, 0.1) is 45.0 Å². The van der Waals surface area contributed by atoms with Gasteiger partial charge in [-0.1, -0.05) is 91.9 Å². The van der Waals surface area contributed by atoms with Gasteiger partial charge in [0.25, 0.3) is 0 Å². The van der Waals surface area contributed by atoms with E-state index < -0.39 is 195 Å². The van der Waals surface area contributed by atoms with Crippen LogP contribution in [0.3, 0.4) is 0 Å². The average molecular weight is 1250 g/mol. The lowest BCUT2D eigenvalue weighted by Gasteiger charge is -2.37. The SMILES string of the molecule is CC[C@H](C)[C@@H]1NC(=O)[C@H]([C@@H](C)O)NC(=O)CNC(=O)[C@H](CC(=O)O)NC(=O)CNC(=O)[C@H](CC(=O)O)NC(=O)CNC(=O)[C@@H]2CCCCN2C(=O)[C@@H](NC(=O)[C@H](CC(=O)O)NC(=O)CCCCCCCCCCCC(C)C)CNC(=O)[C@@H]2CCCN2C1=O. The second-order valence-electron chi connectivity index (χ2n) is 23.1. The fourth-order valence-corrected chi connectivity index (χ4v) is 10.3. The molecule has 494 valence electrons. The summed E-state index contributed by atoms with van der Waals surface area (Å²) >= 11 is 0. The number of carboxylic acid groups (broad SMARTS) is 3. The van der Waals surface area contributed by atoms with E-state index in [0.29, 0.717) is 31.6 Å². The topological polar surface area (TPSA) is 464 Å². The van der Waals surface area contributed by atoms with E-state index in [2.05, 4.69) is 67.0 Å². The van der Waals surface area contributed by atoms with E-state index in [0.717, 1.165) is 43.9 Å². The Bertz CT molecular complexity index is 2480. The summed E-state index contributed by atoms with van der Waals surface area (Å²) in [7, 11) is 0. The van der Waals surface area contributed by atoms with Gasteiger partial charge in [0, 0.05) is 26.1 Å². The van der Waals surface area contributed by atoms with Gasteiger partial charge >= 0.3 is 17.9 Å². The van der Waals surface area contributed by atoms with Crippen LogP contribution in [-0.4, -0.2) is 213 Å². The molecule has 3 saturated heterocycles. The summed E-state index contributed by atoms with van der Waals surface area (Å²) in [4.78, 5) is 203. The molecular weight excluding hydrogens is 1160 g/mol. The molecule has 0 bridgehead atoms. The smallest absolute Gasteiger partial charge is 0.305 e. The van der Waals surface area contributed by atoms with Crippen LogP contribution in [0.4, 0.5) is 0 Å². The molecule has 3 fully saturated rings. The van der Waals surface area contributed by atoms with E-state index in [1.54, 1.807) is 13.8 Å². The van der Waals surface area contributed by atoms with Gasteiger partial charge in [-0.15, -0.1) is 0 Å².